The molecule has 0 amide bonds. The predicted octanol–water partition coefficient (Wildman–Crippen LogP) is 3.00. The molecule has 0 atom stereocenters. The van der Waals surface area contributed by atoms with Crippen LogP contribution in [0.2, 0.25) is 5.02 Å². The zero-order valence-electron chi connectivity index (χ0n) is 13.7. The molecular formula is C18H15ClN2O4. The topological polar surface area (TPSA) is 78.3 Å². The number of ether oxygens (including phenoxy) is 1. The molecule has 0 spiro atoms. The van der Waals surface area contributed by atoms with Gasteiger partial charge in [-0.1, -0.05) is 11.6 Å². The summed E-state index contributed by atoms with van der Waals surface area (Å²) in [5.74, 6) is 0.0840. The fourth-order valence-electron chi connectivity index (χ4n) is 2.81. The van der Waals surface area contributed by atoms with Gasteiger partial charge in [-0.05, 0) is 31.2 Å². The van der Waals surface area contributed by atoms with E-state index in [2.05, 4.69) is 4.98 Å². The highest BCUT2D eigenvalue weighted by molar-refractivity contribution is 6.33. The van der Waals surface area contributed by atoms with Crippen LogP contribution in [0.4, 0.5) is 0 Å². The van der Waals surface area contributed by atoms with Crippen molar-refractivity contribution in [2.75, 3.05) is 6.61 Å². The highest BCUT2D eigenvalue weighted by Gasteiger charge is 2.18. The minimum Gasteiger partial charge on any atom is -0.490 e. The summed E-state index contributed by atoms with van der Waals surface area (Å²) >= 11 is 6.24. The molecule has 6 nitrogen and oxygen atoms in total. The van der Waals surface area contributed by atoms with Crippen LogP contribution in [0.5, 0.6) is 5.75 Å². The molecule has 0 fully saturated rings. The molecule has 25 heavy (non-hydrogen) atoms. The first-order valence-electron chi connectivity index (χ1n) is 7.72. The van der Waals surface area contributed by atoms with Crippen LogP contribution < -0.4 is 10.2 Å². The normalized spacial score (nSPS) is 11.0. The Kier molecular flexibility index (Phi) is 4.55. The van der Waals surface area contributed by atoms with Crippen LogP contribution in [0.1, 0.15) is 24.3 Å². The molecule has 0 saturated heterocycles. The Hall–Kier alpha value is -2.73. The van der Waals surface area contributed by atoms with Crippen LogP contribution in [0.15, 0.2) is 29.1 Å². The minimum absolute atomic E-state index is 0.0535. The van der Waals surface area contributed by atoms with E-state index in [0.29, 0.717) is 40.0 Å². The van der Waals surface area contributed by atoms with E-state index in [0.717, 1.165) is 0 Å². The second-order valence-corrected chi connectivity index (χ2v) is 5.84. The lowest BCUT2D eigenvalue weighted by Crippen LogP contribution is -2.16. The number of hydrogen-bond acceptors (Lipinski definition) is 5. The Morgan fingerprint density at radius 3 is 2.64 bits per heavy atom. The summed E-state index contributed by atoms with van der Waals surface area (Å²) in [5.41, 5.74) is 0.603. The van der Waals surface area contributed by atoms with Gasteiger partial charge in [0.1, 0.15) is 17.6 Å². The van der Waals surface area contributed by atoms with Gasteiger partial charge in [0.25, 0.3) is 0 Å². The number of Topliss-reactive ketones (excluding diaryl/α,β-unsaturated/α-hetero) is 1. The predicted molar refractivity (Wildman–Crippen MR) is 95.8 cm³/mol. The van der Waals surface area contributed by atoms with Gasteiger partial charge in [-0.2, -0.15) is 0 Å². The Morgan fingerprint density at radius 2 is 2.00 bits per heavy atom. The van der Waals surface area contributed by atoms with Crippen molar-refractivity contribution in [2.45, 2.75) is 20.4 Å². The summed E-state index contributed by atoms with van der Waals surface area (Å²) in [4.78, 5) is 40.1. The van der Waals surface area contributed by atoms with E-state index < -0.39 is 0 Å². The Bertz CT molecular complexity index is 1070. The highest BCUT2D eigenvalue weighted by atomic mass is 35.5. The van der Waals surface area contributed by atoms with Crippen LogP contribution in [0.25, 0.3) is 21.9 Å². The van der Waals surface area contributed by atoms with Crippen molar-refractivity contribution >= 4 is 45.6 Å². The second-order valence-electron chi connectivity index (χ2n) is 5.44. The largest absolute Gasteiger partial charge is 0.490 e. The molecule has 0 unspecified atom stereocenters. The zero-order valence-corrected chi connectivity index (χ0v) is 14.5. The quantitative estimate of drug-likeness (QED) is 0.398. The van der Waals surface area contributed by atoms with Crippen molar-refractivity contribution in [1.82, 2.24) is 9.55 Å². The summed E-state index contributed by atoms with van der Waals surface area (Å²) in [6, 6.07) is 6.24. The van der Waals surface area contributed by atoms with E-state index in [-0.39, 0.29) is 29.1 Å². The van der Waals surface area contributed by atoms with E-state index in [9.17, 15) is 14.4 Å². The Labute approximate surface area is 148 Å². The number of fused-ring (bicyclic) bond motifs is 2. The standard InChI is InChI=1S/C18H15ClN2O4/c1-3-25-17-13(19)6-4-11-15(17)21(8-9-22)18-12(16(11)24)5-7-14(20-18)10(2)23/h4-7,9H,3,8H2,1-2H3. The van der Waals surface area contributed by atoms with Gasteiger partial charge in [-0.25, -0.2) is 4.98 Å². The molecular weight excluding hydrogens is 344 g/mol. The number of aromatic nitrogens is 2. The van der Waals surface area contributed by atoms with Gasteiger partial charge in [0.2, 0.25) is 0 Å². The summed E-state index contributed by atoms with van der Waals surface area (Å²) in [5, 5.41) is 1.03. The maximum atomic E-state index is 12.9. The smallest absolute Gasteiger partial charge is 0.198 e. The van der Waals surface area contributed by atoms with Gasteiger partial charge < -0.3 is 14.1 Å². The number of carbonyl (C=O) groups is 2. The summed E-state index contributed by atoms with van der Waals surface area (Å²) in [6.07, 6.45) is 0.697. The second kappa shape index (κ2) is 6.64. The Balaban J connectivity index is 2.58. The number of nitrogens with zero attached hydrogens (tertiary/aromatic N) is 2. The molecule has 0 aliphatic carbocycles. The van der Waals surface area contributed by atoms with Crippen LogP contribution in [-0.2, 0) is 11.3 Å². The third-order valence-electron chi connectivity index (χ3n) is 3.88. The van der Waals surface area contributed by atoms with E-state index >= 15 is 0 Å². The SMILES string of the molecule is CCOc1c(Cl)ccc2c(=O)c3ccc(C(C)=O)nc3n(CC=O)c12. The lowest BCUT2D eigenvalue weighted by Gasteiger charge is -2.16. The lowest BCUT2D eigenvalue weighted by molar-refractivity contribution is -0.108. The molecule has 2 heterocycles. The van der Waals surface area contributed by atoms with Gasteiger partial charge in [0, 0.05) is 6.92 Å². The van der Waals surface area contributed by atoms with Gasteiger partial charge in [-0.3, -0.25) is 9.59 Å². The third kappa shape index (κ3) is 2.78. The number of ketones is 1. The summed E-state index contributed by atoms with van der Waals surface area (Å²) < 4.78 is 7.17. The fourth-order valence-corrected chi connectivity index (χ4v) is 3.02. The van der Waals surface area contributed by atoms with Crippen molar-refractivity contribution in [3.05, 3.63) is 45.2 Å². The first kappa shape index (κ1) is 17.1. The molecule has 3 rings (SSSR count). The molecule has 3 aromatic rings. The van der Waals surface area contributed by atoms with Crippen LogP contribution >= 0.6 is 11.6 Å². The fraction of sp³-hybridized carbons (Fsp3) is 0.222. The molecule has 0 N–H and O–H groups in total. The molecule has 128 valence electrons. The van der Waals surface area contributed by atoms with Crippen LogP contribution in [0.3, 0.4) is 0 Å². The lowest BCUT2D eigenvalue weighted by atomic mass is 10.1. The molecule has 0 saturated carbocycles. The molecule has 0 aliphatic heterocycles. The number of benzene rings is 1. The van der Waals surface area contributed by atoms with Crippen molar-refractivity contribution in [3.8, 4) is 5.75 Å². The number of aldehydes is 1. The van der Waals surface area contributed by atoms with E-state index in [1.807, 2.05) is 0 Å². The number of rotatable bonds is 5. The molecule has 2 aromatic heterocycles. The molecule has 7 heteroatoms. The summed E-state index contributed by atoms with van der Waals surface area (Å²) in [6.45, 7) is 3.47. The summed E-state index contributed by atoms with van der Waals surface area (Å²) in [7, 11) is 0. The van der Waals surface area contributed by atoms with E-state index in [1.165, 1.54) is 13.0 Å². The third-order valence-corrected chi connectivity index (χ3v) is 4.18. The zero-order chi connectivity index (χ0) is 18.1. The first-order valence-corrected chi connectivity index (χ1v) is 8.10. The average Bonchev–Trinajstić information content (AvgIpc) is 2.60. The molecule has 1 aromatic carbocycles. The van der Waals surface area contributed by atoms with E-state index in [4.69, 9.17) is 16.3 Å². The van der Waals surface area contributed by atoms with Crippen LogP contribution in [0, 0.1) is 0 Å². The minimum atomic E-state index is -0.257. The van der Waals surface area contributed by atoms with Gasteiger partial charge in [0.15, 0.2) is 17.0 Å². The number of halogens is 1. The van der Waals surface area contributed by atoms with Crippen molar-refractivity contribution < 1.29 is 14.3 Å². The van der Waals surface area contributed by atoms with Crippen molar-refractivity contribution in [3.63, 3.8) is 0 Å². The first-order chi connectivity index (χ1) is 12.0. The van der Waals surface area contributed by atoms with Gasteiger partial charge in [0.05, 0.1) is 34.5 Å². The van der Waals surface area contributed by atoms with E-state index in [1.54, 1.807) is 29.7 Å². The highest BCUT2D eigenvalue weighted by Crippen LogP contribution is 2.34. The molecule has 0 aliphatic rings. The van der Waals surface area contributed by atoms with Crippen molar-refractivity contribution in [1.29, 1.82) is 0 Å². The maximum absolute atomic E-state index is 12.9. The van der Waals surface area contributed by atoms with Crippen molar-refractivity contribution in [2.24, 2.45) is 0 Å². The number of carbonyl (C=O) groups excluding carboxylic acids is 2. The van der Waals surface area contributed by atoms with Gasteiger partial charge in [-0.15, -0.1) is 0 Å². The number of pyridine rings is 2. The van der Waals surface area contributed by atoms with Crippen LogP contribution in [-0.4, -0.2) is 28.2 Å². The monoisotopic (exact) mass is 358 g/mol. The molecule has 0 bridgehead atoms. The average molecular weight is 359 g/mol. The Morgan fingerprint density at radius 1 is 1.28 bits per heavy atom. The van der Waals surface area contributed by atoms with Gasteiger partial charge >= 0.3 is 0 Å². The molecule has 0 radical (unpaired) electrons. The number of hydrogen-bond donors (Lipinski definition) is 0. The maximum Gasteiger partial charge on any atom is 0.198 e.